The van der Waals surface area contributed by atoms with Gasteiger partial charge in [-0.1, -0.05) is 45.4 Å². The summed E-state index contributed by atoms with van der Waals surface area (Å²) < 4.78 is 2.06. The van der Waals surface area contributed by atoms with Gasteiger partial charge in [0.15, 0.2) is 0 Å². The van der Waals surface area contributed by atoms with Crippen LogP contribution in [-0.4, -0.2) is 14.7 Å². The summed E-state index contributed by atoms with van der Waals surface area (Å²) in [7, 11) is 0. The Hall–Kier alpha value is -0.830. The largest absolute Gasteiger partial charge is 0.387 e. The predicted molar refractivity (Wildman–Crippen MR) is 75.6 cm³/mol. The van der Waals surface area contributed by atoms with Crippen LogP contribution in [0.3, 0.4) is 0 Å². The highest BCUT2D eigenvalue weighted by atomic mass is 16.3. The van der Waals surface area contributed by atoms with Crippen LogP contribution >= 0.6 is 0 Å². The Balaban J connectivity index is 2.27. The summed E-state index contributed by atoms with van der Waals surface area (Å²) in [5.41, 5.74) is 0.957. The van der Waals surface area contributed by atoms with E-state index >= 15 is 0 Å². The summed E-state index contributed by atoms with van der Waals surface area (Å²) in [5, 5.41) is 10.2. The Morgan fingerprint density at radius 3 is 2.50 bits per heavy atom. The summed E-state index contributed by atoms with van der Waals surface area (Å²) in [6, 6.07) is 0.363. The fraction of sp³-hybridized carbons (Fsp3) is 0.800. The monoisotopic (exact) mass is 252 g/mol. The van der Waals surface area contributed by atoms with Crippen molar-refractivity contribution in [3.05, 3.63) is 18.2 Å². The van der Waals surface area contributed by atoms with E-state index in [2.05, 4.69) is 30.3 Å². The van der Waals surface area contributed by atoms with E-state index in [0.29, 0.717) is 6.04 Å². The zero-order valence-corrected chi connectivity index (χ0v) is 12.1. The number of nitrogens with zero attached hydrogens (tertiary/aromatic N) is 2. The number of aliphatic hydroxyl groups excluding tert-OH is 1. The van der Waals surface area contributed by atoms with Gasteiger partial charge in [0, 0.05) is 6.04 Å². The van der Waals surface area contributed by atoms with Crippen molar-refractivity contribution in [1.29, 1.82) is 0 Å². The van der Waals surface area contributed by atoms with E-state index in [9.17, 15) is 5.11 Å². The maximum absolute atomic E-state index is 10.2. The highest BCUT2D eigenvalue weighted by Gasteiger charge is 2.13. The molecule has 0 bridgehead atoms. The molecule has 0 spiro atoms. The molecule has 3 heteroatoms. The normalized spacial score (nSPS) is 13.2. The number of unbranched alkanes of at least 4 members (excludes halogenated alkanes) is 5. The van der Waals surface area contributed by atoms with Crippen molar-refractivity contribution in [3.8, 4) is 0 Å². The van der Waals surface area contributed by atoms with Crippen LogP contribution in [0.2, 0.25) is 0 Å². The molecule has 0 aromatic carbocycles. The van der Waals surface area contributed by atoms with Crippen LogP contribution in [-0.2, 0) is 0 Å². The van der Waals surface area contributed by atoms with Crippen molar-refractivity contribution in [2.24, 2.45) is 0 Å². The number of imidazole rings is 1. The Morgan fingerprint density at radius 1 is 1.17 bits per heavy atom. The molecule has 1 atom stereocenters. The standard InChI is InChI=1S/C15H28N2O/c1-4-5-6-7-8-9-10-15(18)14-11-16-12-17(14)13(2)3/h11-13,15,18H,4-10H2,1-3H3. The van der Waals surface area contributed by atoms with Gasteiger partial charge >= 0.3 is 0 Å². The van der Waals surface area contributed by atoms with Gasteiger partial charge in [0.1, 0.15) is 0 Å². The lowest BCUT2D eigenvalue weighted by atomic mass is 10.1. The second-order valence-electron chi connectivity index (χ2n) is 5.39. The molecule has 0 aliphatic rings. The minimum atomic E-state index is -0.360. The van der Waals surface area contributed by atoms with Crippen LogP contribution in [0, 0.1) is 0 Å². The second kappa shape index (κ2) is 8.30. The molecular formula is C15H28N2O. The molecular weight excluding hydrogens is 224 g/mol. The van der Waals surface area contributed by atoms with E-state index in [1.54, 1.807) is 6.20 Å². The summed E-state index contributed by atoms with van der Waals surface area (Å²) in [6.07, 6.45) is 11.7. The van der Waals surface area contributed by atoms with Crippen molar-refractivity contribution < 1.29 is 5.11 Å². The van der Waals surface area contributed by atoms with E-state index in [1.807, 2.05) is 6.33 Å². The highest BCUT2D eigenvalue weighted by Crippen LogP contribution is 2.22. The molecule has 1 N–H and O–H groups in total. The first-order chi connectivity index (χ1) is 8.66. The molecule has 0 saturated heterocycles. The van der Waals surface area contributed by atoms with Crippen molar-refractivity contribution in [1.82, 2.24) is 9.55 Å². The van der Waals surface area contributed by atoms with Crippen molar-refractivity contribution in [2.75, 3.05) is 0 Å². The molecule has 1 aromatic heterocycles. The maximum atomic E-state index is 10.2. The molecule has 1 unspecified atom stereocenters. The lowest BCUT2D eigenvalue weighted by molar-refractivity contribution is 0.152. The average molecular weight is 252 g/mol. The molecule has 3 nitrogen and oxygen atoms in total. The SMILES string of the molecule is CCCCCCCCC(O)c1cncn1C(C)C. The molecule has 0 amide bonds. The molecule has 1 rings (SSSR count). The minimum Gasteiger partial charge on any atom is -0.387 e. The lowest BCUT2D eigenvalue weighted by Crippen LogP contribution is -2.09. The Kier molecular flexibility index (Phi) is 7.02. The lowest BCUT2D eigenvalue weighted by Gasteiger charge is -2.16. The third kappa shape index (κ3) is 4.81. The van der Waals surface area contributed by atoms with E-state index in [-0.39, 0.29) is 6.10 Å². The first-order valence-corrected chi connectivity index (χ1v) is 7.36. The van der Waals surface area contributed by atoms with Crippen LogP contribution in [0.5, 0.6) is 0 Å². The highest BCUT2D eigenvalue weighted by molar-refractivity contribution is 5.03. The van der Waals surface area contributed by atoms with Crippen LogP contribution < -0.4 is 0 Å². The van der Waals surface area contributed by atoms with Gasteiger partial charge in [-0.05, 0) is 20.3 Å². The number of hydrogen-bond acceptors (Lipinski definition) is 2. The van der Waals surface area contributed by atoms with Gasteiger partial charge in [0.25, 0.3) is 0 Å². The van der Waals surface area contributed by atoms with Crippen molar-refractivity contribution in [2.45, 2.75) is 77.9 Å². The summed E-state index contributed by atoms with van der Waals surface area (Å²) in [6.45, 7) is 6.46. The topological polar surface area (TPSA) is 38.1 Å². The van der Waals surface area contributed by atoms with Gasteiger partial charge in [-0.2, -0.15) is 0 Å². The molecule has 0 aliphatic heterocycles. The third-order valence-electron chi connectivity index (χ3n) is 3.42. The quantitative estimate of drug-likeness (QED) is 0.667. The molecule has 18 heavy (non-hydrogen) atoms. The van der Waals surface area contributed by atoms with Crippen molar-refractivity contribution in [3.63, 3.8) is 0 Å². The van der Waals surface area contributed by atoms with Gasteiger partial charge in [-0.15, -0.1) is 0 Å². The zero-order chi connectivity index (χ0) is 13.4. The second-order valence-corrected chi connectivity index (χ2v) is 5.39. The van der Waals surface area contributed by atoms with Gasteiger partial charge in [-0.25, -0.2) is 4.98 Å². The van der Waals surface area contributed by atoms with E-state index < -0.39 is 0 Å². The molecule has 1 heterocycles. The Bertz CT molecular complexity index is 320. The maximum Gasteiger partial charge on any atom is 0.0955 e. The molecule has 0 aliphatic carbocycles. The fourth-order valence-electron chi connectivity index (χ4n) is 2.27. The zero-order valence-electron chi connectivity index (χ0n) is 12.1. The number of rotatable bonds is 9. The number of aromatic nitrogens is 2. The Morgan fingerprint density at radius 2 is 1.83 bits per heavy atom. The van der Waals surface area contributed by atoms with Gasteiger partial charge in [-0.3, -0.25) is 0 Å². The predicted octanol–water partition coefficient (Wildman–Crippen LogP) is 4.25. The minimum absolute atomic E-state index is 0.360. The Labute approximate surface area is 111 Å². The smallest absolute Gasteiger partial charge is 0.0955 e. The number of aliphatic hydroxyl groups is 1. The average Bonchev–Trinajstić information content (AvgIpc) is 2.82. The molecule has 0 fully saturated rings. The van der Waals surface area contributed by atoms with Gasteiger partial charge in [0.2, 0.25) is 0 Å². The van der Waals surface area contributed by atoms with E-state index in [1.165, 1.54) is 32.1 Å². The molecule has 0 saturated carbocycles. The van der Waals surface area contributed by atoms with Crippen LogP contribution in [0.25, 0.3) is 0 Å². The summed E-state index contributed by atoms with van der Waals surface area (Å²) >= 11 is 0. The first-order valence-electron chi connectivity index (χ1n) is 7.36. The van der Waals surface area contributed by atoms with Crippen molar-refractivity contribution >= 4 is 0 Å². The van der Waals surface area contributed by atoms with Gasteiger partial charge in [0.05, 0.1) is 24.3 Å². The fourth-order valence-corrected chi connectivity index (χ4v) is 2.27. The van der Waals surface area contributed by atoms with Gasteiger partial charge < -0.3 is 9.67 Å². The first kappa shape index (κ1) is 15.2. The molecule has 0 radical (unpaired) electrons. The van der Waals surface area contributed by atoms with Crippen LogP contribution in [0.15, 0.2) is 12.5 Å². The number of hydrogen-bond donors (Lipinski definition) is 1. The van der Waals surface area contributed by atoms with E-state index in [4.69, 9.17) is 0 Å². The van der Waals surface area contributed by atoms with Crippen LogP contribution in [0.1, 0.15) is 83.6 Å². The van der Waals surface area contributed by atoms with E-state index in [0.717, 1.165) is 18.5 Å². The summed E-state index contributed by atoms with van der Waals surface area (Å²) in [4.78, 5) is 4.14. The molecule has 104 valence electrons. The third-order valence-corrected chi connectivity index (χ3v) is 3.42. The summed E-state index contributed by atoms with van der Waals surface area (Å²) in [5.74, 6) is 0. The van der Waals surface area contributed by atoms with Crippen LogP contribution in [0.4, 0.5) is 0 Å². The molecule has 1 aromatic rings.